The zero-order valence-electron chi connectivity index (χ0n) is 11.4. The van der Waals surface area contributed by atoms with Crippen LogP contribution in [0.5, 0.6) is 0 Å². The van der Waals surface area contributed by atoms with E-state index in [1.807, 2.05) is 6.92 Å². The minimum Gasteiger partial charge on any atom is -0.466 e. The van der Waals surface area contributed by atoms with Crippen molar-refractivity contribution in [3.05, 3.63) is 0 Å². The molecule has 0 bridgehead atoms. The molecule has 1 aliphatic carbocycles. The van der Waals surface area contributed by atoms with Crippen LogP contribution in [0.15, 0.2) is 0 Å². The third-order valence-electron chi connectivity index (χ3n) is 4.26. The minimum absolute atomic E-state index is 0.0447. The second kappa shape index (κ2) is 6.02. The first kappa shape index (κ1) is 13.8. The Balaban J connectivity index is 1.74. The predicted molar refractivity (Wildman–Crippen MR) is 69.2 cm³/mol. The van der Waals surface area contributed by atoms with E-state index in [4.69, 9.17) is 4.74 Å². The number of hydrogen-bond acceptors (Lipinski definition) is 4. The lowest BCUT2D eigenvalue weighted by atomic mass is 9.94. The van der Waals surface area contributed by atoms with Gasteiger partial charge < -0.3 is 14.7 Å². The molecule has 0 amide bonds. The van der Waals surface area contributed by atoms with E-state index in [0.717, 1.165) is 58.2 Å². The highest BCUT2D eigenvalue weighted by atomic mass is 16.5. The standard InChI is InChI=1S/C14H25NO3/c1-2-18-13(16)12-5-9-15(10-6-12)11-14(17)7-3-4-8-14/h12,17H,2-11H2,1H3. The normalized spacial score (nSPS) is 25.2. The quantitative estimate of drug-likeness (QED) is 0.775. The topological polar surface area (TPSA) is 49.8 Å². The monoisotopic (exact) mass is 255 g/mol. The minimum atomic E-state index is -0.462. The Kier molecular flexibility index (Phi) is 4.62. The van der Waals surface area contributed by atoms with Crippen LogP contribution in [0.2, 0.25) is 0 Å². The van der Waals surface area contributed by atoms with Gasteiger partial charge in [0.05, 0.1) is 18.1 Å². The van der Waals surface area contributed by atoms with Gasteiger partial charge in [0.2, 0.25) is 0 Å². The van der Waals surface area contributed by atoms with E-state index < -0.39 is 5.60 Å². The summed E-state index contributed by atoms with van der Waals surface area (Å²) < 4.78 is 5.06. The van der Waals surface area contributed by atoms with Crippen molar-refractivity contribution in [1.29, 1.82) is 0 Å². The van der Waals surface area contributed by atoms with E-state index >= 15 is 0 Å². The number of β-amino-alcohol motifs (C(OH)–C–C–N with tert-alkyl or cyclic N) is 1. The van der Waals surface area contributed by atoms with Crippen LogP contribution in [-0.2, 0) is 9.53 Å². The van der Waals surface area contributed by atoms with Crippen LogP contribution >= 0.6 is 0 Å². The molecule has 0 spiro atoms. The van der Waals surface area contributed by atoms with E-state index in [-0.39, 0.29) is 11.9 Å². The molecule has 0 aromatic rings. The van der Waals surface area contributed by atoms with Gasteiger partial charge in [-0.25, -0.2) is 0 Å². The average Bonchev–Trinajstić information content (AvgIpc) is 2.77. The van der Waals surface area contributed by atoms with Crippen LogP contribution in [0.3, 0.4) is 0 Å². The summed E-state index contributed by atoms with van der Waals surface area (Å²) in [5.41, 5.74) is -0.462. The first-order valence-electron chi connectivity index (χ1n) is 7.24. The lowest BCUT2D eigenvalue weighted by Crippen LogP contribution is -2.45. The molecule has 2 aliphatic rings. The second-order valence-corrected chi connectivity index (χ2v) is 5.73. The Labute approximate surface area is 109 Å². The Morgan fingerprint density at radius 2 is 1.94 bits per heavy atom. The van der Waals surface area contributed by atoms with Gasteiger partial charge >= 0.3 is 5.97 Å². The highest BCUT2D eigenvalue weighted by Gasteiger charge is 2.35. The Morgan fingerprint density at radius 3 is 2.50 bits per heavy atom. The van der Waals surface area contributed by atoms with Gasteiger partial charge in [0.25, 0.3) is 0 Å². The lowest BCUT2D eigenvalue weighted by Gasteiger charge is -2.35. The van der Waals surface area contributed by atoms with E-state index in [9.17, 15) is 9.90 Å². The highest BCUT2D eigenvalue weighted by Crippen LogP contribution is 2.31. The molecule has 1 saturated carbocycles. The molecule has 4 nitrogen and oxygen atoms in total. The van der Waals surface area contributed by atoms with Crippen molar-refractivity contribution in [3.63, 3.8) is 0 Å². The molecule has 0 atom stereocenters. The molecule has 2 rings (SSSR count). The summed E-state index contributed by atoms with van der Waals surface area (Å²) >= 11 is 0. The van der Waals surface area contributed by atoms with Crippen LogP contribution in [0.1, 0.15) is 45.4 Å². The van der Waals surface area contributed by atoms with Crippen molar-refractivity contribution in [2.45, 2.75) is 51.0 Å². The molecule has 1 aliphatic heterocycles. The van der Waals surface area contributed by atoms with Crippen molar-refractivity contribution in [2.24, 2.45) is 5.92 Å². The number of aliphatic hydroxyl groups is 1. The van der Waals surface area contributed by atoms with Gasteiger partial charge in [-0.1, -0.05) is 12.8 Å². The number of piperidine rings is 1. The van der Waals surface area contributed by atoms with Gasteiger partial charge in [0.1, 0.15) is 0 Å². The average molecular weight is 255 g/mol. The van der Waals surface area contributed by atoms with Gasteiger partial charge in [0.15, 0.2) is 0 Å². The largest absolute Gasteiger partial charge is 0.466 e. The first-order valence-corrected chi connectivity index (χ1v) is 7.24. The Bertz CT molecular complexity index is 279. The molecule has 1 saturated heterocycles. The summed E-state index contributed by atoms with van der Waals surface area (Å²) in [5.74, 6) is 0.0242. The summed E-state index contributed by atoms with van der Waals surface area (Å²) in [5, 5.41) is 10.4. The molecule has 0 unspecified atom stereocenters. The third-order valence-corrected chi connectivity index (χ3v) is 4.26. The smallest absolute Gasteiger partial charge is 0.309 e. The molecule has 4 heteroatoms. The molecule has 1 heterocycles. The van der Waals surface area contributed by atoms with Gasteiger partial charge in [-0.05, 0) is 45.7 Å². The number of ether oxygens (including phenoxy) is 1. The Morgan fingerprint density at radius 1 is 1.33 bits per heavy atom. The fourth-order valence-electron chi connectivity index (χ4n) is 3.19. The van der Waals surface area contributed by atoms with E-state index in [1.54, 1.807) is 0 Å². The summed E-state index contributed by atoms with van der Waals surface area (Å²) in [6, 6.07) is 0. The van der Waals surface area contributed by atoms with Gasteiger partial charge in [-0.15, -0.1) is 0 Å². The van der Waals surface area contributed by atoms with E-state index in [2.05, 4.69) is 4.90 Å². The molecule has 0 aromatic carbocycles. The van der Waals surface area contributed by atoms with Crippen LogP contribution in [-0.4, -0.2) is 47.8 Å². The van der Waals surface area contributed by atoms with E-state index in [1.165, 1.54) is 0 Å². The van der Waals surface area contributed by atoms with Gasteiger partial charge in [0, 0.05) is 6.54 Å². The van der Waals surface area contributed by atoms with E-state index in [0.29, 0.717) is 6.61 Å². The molecule has 2 fully saturated rings. The molecular weight excluding hydrogens is 230 g/mol. The second-order valence-electron chi connectivity index (χ2n) is 5.73. The van der Waals surface area contributed by atoms with Crippen molar-refractivity contribution in [3.8, 4) is 0 Å². The van der Waals surface area contributed by atoms with Crippen LogP contribution in [0, 0.1) is 5.92 Å². The van der Waals surface area contributed by atoms with Crippen molar-refractivity contribution < 1.29 is 14.6 Å². The molecule has 1 N–H and O–H groups in total. The molecule has 18 heavy (non-hydrogen) atoms. The zero-order chi connectivity index (χ0) is 13.0. The van der Waals surface area contributed by atoms with Crippen molar-refractivity contribution in [1.82, 2.24) is 4.90 Å². The van der Waals surface area contributed by atoms with Crippen molar-refractivity contribution in [2.75, 3.05) is 26.2 Å². The zero-order valence-corrected chi connectivity index (χ0v) is 11.4. The number of carbonyl (C=O) groups excluding carboxylic acids is 1. The van der Waals surface area contributed by atoms with Crippen molar-refractivity contribution >= 4 is 5.97 Å². The Hall–Kier alpha value is -0.610. The molecular formula is C14H25NO3. The summed E-state index contributed by atoms with van der Waals surface area (Å²) in [7, 11) is 0. The summed E-state index contributed by atoms with van der Waals surface area (Å²) in [6.45, 7) is 4.92. The third kappa shape index (κ3) is 3.45. The van der Waals surface area contributed by atoms with Crippen LogP contribution in [0.25, 0.3) is 0 Å². The number of rotatable bonds is 4. The number of hydrogen-bond donors (Lipinski definition) is 1. The highest BCUT2D eigenvalue weighted by molar-refractivity contribution is 5.72. The van der Waals surface area contributed by atoms with Crippen LogP contribution < -0.4 is 0 Å². The van der Waals surface area contributed by atoms with Gasteiger partial charge in [-0.3, -0.25) is 4.79 Å². The maximum Gasteiger partial charge on any atom is 0.309 e. The molecule has 0 radical (unpaired) electrons. The number of likely N-dealkylation sites (tertiary alicyclic amines) is 1. The fourth-order valence-corrected chi connectivity index (χ4v) is 3.19. The fraction of sp³-hybridized carbons (Fsp3) is 0.929. The van der Waals surface area contributed by atoms with Crippen LogP contribution in [0.4, 0.5) is 0 Å². The maximum atomic E-state index is 11.6. The SMILES string of the molecule is CCOC(=O)C1CCN(CC2(O)CCCC2)CC1. The summed E-state index contributed by atoms with van der Waals surface area (Å²) in [6.07, 6.45) is 5.91. The number of carbonyl (C=O) groups is 1. The molecule has 0 aromatic heterocycles. The first-order chi connectivity index (χ1) is 8.63. The lowest BCUT2D eigenvalue weighted by molar-refractivity contribution is -0.149. The maximum absolute atomic E-state index is 11.6. The van der Waals surface area contributed by atoms with Gasteiger partial charge in [-0.2, -0.15) is 0 Å². The number of esters is 1. The molecule has 104 valence electrons. The number of nitrogens with zero attached hydrogens (tertiary/aromatic N) is 1. The summed E-state index contributed by atoms with van der Waals surface area (Å²) in [4.78, 5) is 13.9. The predicted octanol–water partition coefficient (Wildman–Crippen LogP) is 1.57.